The lowest BCUT2D eigenvalue weighted by atomic mass is 9.86. The predicted octanol–water partition coefficient (Wildman–Crippen LogP) is 1.73. The third-order valence-corrected chi connectivity index (χ3v) is 3.52. The topological polar surface area (TPSA) is 24.5 Å². The van der Waals surface area contributed by atoms with Gasteiger partial charge in [-0.25, -0.2) is 0 Å². The van der Waals surface area contributed by atoms with Gasteiger partial charge in [0.2, 0.25) is 0 Å². The summed E-state index contributed by atoms with van der Waals surface area (Å²) in [6.07, 6.45) is 2.43. The molecule has 1 fully saturated rings. The minimum atomic E-state index is 0.341. The lowest BCUT2D eigenvalue weighted by Crippen LogP contribution is -2.46. The summed E-state index contributed by atoms with van der Waals surface area (Å²) in [5, 5.41) is 3.33. The van der Waals surface area contributed by atoms with Gasteiger partial charge in [0.05, 0.1) is 6.61 Å². The third kappa shape index (κ3) is 3.72. The van der Waals surface area contributed by atoms with Crippen LogP contribution in [0.4, 0.5) is 0 Å². The molecule has 1 unspecified atom stereocenters. The molecule has 3 nitrogen and oxygen atoms in total. The monoisotopic (exact) mass is 228 g/mol. The van der Waals surface area contributed by atoms with Crippen molar-refractivity contribution in [2.75, 3.05) is 39.9 Å². The lowest BCUT2D eigenvalue weighted by Gasteiger charge is -2.36. The normalized spacial score (nSPS) is 25.9. The van der Waals surface area contributed by atoms with Crippen LogP contribution < -0.4 is 5.32 Å². The molecular formula is C13H28N2O. The van der Waals surface area contributed by atoms with Crippen molar-refractivity contribution in [3.05, 3.63) is 0 Å². The van der Waals surface area contributed by atoms with Crippen LogP contribution in [-0.2, 0) is 4.74 Å². The maximum absolute atomic E-state index is 5.61. The van der Waals surface area contributed by atoms with E-state index in [2.05, 4.69) is 31.0 Å². The highest BCUT2D eigenvalue weighted by Crippen LogP contribution is 2.29. The lowest BCUT2D eigenvalue weighted by molar-refractivity contribution is 0.0942. The molecule has 1 N–H and O–H groups in total. The van der Waals surface area contributed by atoms with E-state index >= 15 is 0 Å². The second-order valence-corrected chi connectivity index (χ2v) is 5.40. The van der Waals surface area contributed by atoms with Gasteiger partial charge in [-0.05, 0) is 40.3 Å². The molecule has 0 aliphatic carbocycles. The molecule has 0 amide bonds. The van der Waals surface area contributed by atoms with Gasteiger partial charge >= 0.3 is 0 Å². The van der Waals surface area contributed by atoms with Gasteiger partial charge in [-0.3, -0.25) is 0 Å². The van der Waals surface area contributed by atoms with E-state index in [1.54, 1.807) is 0 Å². The summed E-state index contributed by atoms with van der Waals surface area (Å²) in [5.74, 6) is 0. The molecule has 3 heteroatoms. The first-order valence-corrected chi connectivity index (χ1v) is 6.60. The van der Waals surface area contributed by atoms with Crippen molar-refractivity contribution in [1.82, 2.24) is 10.2 Å². The number of hydrogen-bond acceptors (Lipinski definition) is 3. The van der Waals surface area contributed by atoms with Crippen LogP contribution in [0.25, 0.3) is 0 Å². The van der Waals surface area contributed by atoms with Crippen molar-refractivity contribution in [2.45, 2.75) is 39.7 Å². The Balaban J connectivity index is 2.57. The molecule has 0 aromatic heterocycles. The van der Waals surface area contributed by atoms with Gasteiger partial charge in [-0.15, -0.1) is 0 Å². The van der Waals surface area contributed by atoms with Crippen LogP contribution in [0, 0.1) is 5.41 Å². The Morgan fingerprint density at radius 1 is 1.44 bits per heavy atom. The molecule has 16 heavy (non-hydrogen) atoms. The van der Waals surface area contributed by atoms with Gasteiger partial charge in [0.25, 0.3) is 0 Å². The van der Waals surface area contributed by atoms with Crippen molar-refractivity contribution in [2.24, 2.45) is 5.41 Å². The second kappa shape index (κ2) is 6.58. The molecular weight excluding hydrogens is 200 g/mol. The SMILES string of the molecule is CCCN(CC1(CNC)CCOC1)C(C)C. The number of ether oxygens (including phenoxy) is 1. The van der Waals surface area contributed by atoms with Crippen molar-refractivity contribution >= 4 is 0 Å². The minimum Gasteiger partial charge on any atom is -0.381 e. The average Bonchev–Trinajstić information content (AvgIpc) is 2.66. The Morgan fingerprint density at radius 2 is 2.19 bits per heavy atom. The van der Waals surface area contributed by atoms with Crippen molar-refractivity contribution in [3.63, 3.8) is 0 Å². The van der Waals surface area contributed by atoms with E-state index in [1.807, 2.05) is 7.05 Å². The van der Waals surface area contributed by atoms with E-state index < -0.39 is 0 Å². The van der Waals surface area contributed by atoms with E-state index in [9.17, 15) is 0 Å². The molecule has 0 aromatic rings. The van der Waals surface area contributed by atoms with Crippen LogP contribution in [-0.4, -0.2) is 50.8 Å². The number of rotatable bonds is 7. The van der Waals surface area contributed by atoms with Crippen LogP contribution in [0.2, 0.25) is 0 Å². The Hall–Kier alpha value is -0.120. The Bertz CT molecular complexity index is 188. The molecule has 1 heterocycles. The predicted molar refractivity (Wildman–Crippen MR) is 68.8 cm³/mol. The van der Waals surface area contributed by atoms with Gasteiger partial charge in [0.15, 0.2) is 0 Å². The summed E-state index contributed by atoms with van der Waals surface area (Å²) in [5.41, 5.74) is 0.341. The first-order valence-electron chi connectivity index (χ1n) is 6.60. The van der Waals surface area contributed by atoms with Gasteiger partial charge < -0.3 is 15.0 Å². The molecule has 0 bridgehead atoms. The van der Waals surface area contributed by atoms with E-state index in [-0.39, 0.29) is 0 Å². The third-order valence-electron chi connectivity index (χ3n) is 3.52. The fourth-order valence-electron chi connectivity index (χ4n) is 2.58. The number of hydrogen-bond donors (Lipinski definition) is 1. The highest BCUT2D eigenvalue weighted by Gasteiger charge is 2.36. The van der Waals surface area contributed by atoms with Gasteiger partial charge in [0.1, 0.15) is 0 Å². The number of nitrogens with one attached hydrogen (secondary N) is 1. The molecule has 1 aliphatic rings. The van der Waals surface area contributed by atoms with Crippen LogP contribution in [0.3, 0.4) is 0 Å². The minimum absolute atomic E-state index is 0.341. The molecule has 1 aliphatic heterocycles. The second-order valence-electron chi connectivity index (χ2n) is 5.40. The van der Waals surface area contributed by atoms with E-state index in [0.717, 1.165) is 19.8 Å². The number of nitrogens with zero attached hydrogens (tertiary/aromatic N) is 1. The summed E-state index contributed by atoms with van der Waals surface area (Å²) in [7, 11) is 2.04. The molecule has 0 aromatic carbocycles. The van der Waals surface area contributed by atoms with Gasteiger partial charge in [-0.1, -0.05) is 6.92 Å². The van der Waals surface area contributed by atoms with Crippen molar-refractivity contribution in [1.29, 1.82) is 0 Å². The molecule has 1 rings (SSSR count). The zero-order valence-electron chi connectivity index (χ0n) is 11.4. The van der Waals surface area contributed by atoms with Crippen LogP contribution in [0.15, 0.2) is 0 Å². The summed E-state index contributed by atoms with van der Waals surface area (Å²) in [4.78, 5) is 2.59. The standard InChI is InChI=1S/C13H28N2O/c1-5-7-15(12(2)3)10-13(9-14-4)6-8-16-11-13/h12,14H,5-11H2,1-4H3. The molecule has 0 spiro atoms. The Morgan fingerprint density at radius 3 is 2.62 bits per heavy atom. The summed E-state index contributed by atoms with van der Waals surface area (Å²) < 4.78 is 5.61. The first-order chi connectivity index (χ1) is 7.63. The fraction of sp³-hybridized carbons (Fsp3) is 1.00. The average molecular weight is 228 g/mol. The summed E-state index contributed by atoms with van der Waals surface area (Å²) in [6.45, 7) is 12.1. The van der Waals surface area contributed by atoms with E-state index in [4.69, 9.17) is 4.74 Å². The largest absolute Gasteiger partial charge is 0.381 e. The molecule has 1 saturated heterocycles. The fourth-order valence-corrected chi connectivity index (χ4v) is 2.58. The van der Waals surface area contributed by atoms with Crippen molar-refractivity contribution < 1.29 is 4.74 Å². The van der Waals surface area contributed by atoms with Crippen LogP contribution >= 0.6 is 0 Å². The zero-order valence-corrected chi connectivity index (χ0v) is 11.4. The van der Waals surface area contributed by atoms with E-state index in [1.165, 1.54) is 25.9 Å². The molecule has 96 valence electrons. The highest BCUT2D eigenvalue weighted by atomic mass is 16.5. The quantitative estimate of drug-likeness (QED) is 0.718. The van der Waals surface area contributed by atoms with Crippen LogP contribution in [0.1, 0.15) is 33.6 Å². The Labute approximate surface area is 101 Å². The van der Waals surface area contributed by atoms with Crippen LogP contribution in [0.5, 0.6) is 0 Å². The summed E-state index contributed by atoms with van der Waals surface area (Å²) >= 11 is 0. The zero-order chi connectivity index (χ0) is 12.0. The Kier molecular flexibility index (Phi) is 5.73. The van der Waals surface area contributed by atoms with Gasteiger partial charge in [-0.2, -0.15) is 0 Å². The maximum Gasteiger partial charge on any atom is 0.0547 e. The van der Waals surface area contributed by atoms with E-state index in [0.29, 0.717) is 11.5 Å². The molecule has 0 saturated carbocycles. The smallest absolute Gasteiger partial charge is 0.0547 e. The molecule has 0 radical (unpaired) electrons. The first kappa shape index (κ1) is 13.9. The molecule has 1 atom stereocenters. The summed E-state index contributed by atoms with van der Waals surface area (Å²) in [6, 6.07) is 0.634. The van der Waals surface area contributed by atoms with Crippen molar-refractivity contribution in [3.8, 4) is 0 Å². The maximum atomic E-state index is 5.61. The highest BCUT2D eigenvalue weighted by molar-refractivity contribution is 4.88. The van der Waals surface area contributed by atoms with Gasteiger partial charge in [0, 0.05) is 31.2 Å².